The molecule has 7 nitrogen and oxygen atoms in total. The van der Waals surface area contributed by atoms with Gasteiger partial charge in [0.2, 0.25) is 10.0 Å². The number of nitrogens with one attached hydrogen (secondary N) is 1. The smallest absolute Gasteiger partial charge is 0.263 e. The lowest BCUT2D eigenvalue weighted by atomic mass is 9.80. The molecule has 168 valence electrons. The first-order valence-corrected chi connectivity index (χ1v) is 11.8. The zero-order chi connectivity index (χ0) is 23.2. The molecule has 0 aliphatic rings. The summed E-state index contributed by atoms with van der Waals surface area (Å²) >= 11 is 0. The normalized spacial score (nSPS) is 13.4. The van der Waals surface area contributed by atoms with Gasteiger partial charge in [-0.25, -0.2) is 13.8 Å². The van der Waals surface area contributed by atoms with Crippen LogP contribution in [0.15, 0.2) is 59.7 Å². The lowest BCUT2D eigenvalue weighted by Gasteiger charge is -2.28. The summed E-state index contributed by atoms with van der Waals surface area (Å²) in [6, 6.07) is 15.6. The second-order valence-electron chi connectivity index (χ2n) is 8.18. The SMILES string of the molecule is COc1ccc(N([C@@H](C)C(=O)N/N=C(/C)CC(C)(C)c2ccccc2)S(C)(=O)=O)cc1. The fraction of sp³-hybridized carbons (Fsp3) is 0.391. The van der Waals surface area contributed by atoms with Crippen LogP contribution in [0, 0.1) is 0 Å². The van der Waals surface area contributed by atoms with Gasteiger partial charge >= 0.3 is 0 Å². The largest absolute Gasteiger partial charge is 0.497 e. The van der Waals surface area contributed by atoms with Crippen LogP contribution in [0.4, 0.5) is 5.69 Å². The van der Waals surface area contributed by atoms with E-state index in [4.69, 9.17) is 4.74 Å². The van der Waals surface area contributed by atoms with E-state index in [2.05, 4.69) is 36.5 Å². The Morgan fingerprint density at radius 2 is 1.71 bits per heavy atom. The number of hydrogen-bond donors (Lipinski definition) is 1. The van der Waals surface area contributed by atoms with E-state index in [1.807, 2.05) is 25.1 Å². The Morgan fingerprint density at radius 1 is 1.13 bits per heavy atom. The molecule has 2 aromatic carbocycles. The van der Waals surface area contributed by atoms with Crippen molar-refractivity contribution in [1.29, 1.82) is 0 Å². The van der Waals surface area contributed by atoms with Crippen molar-refractivity contribution < 1.29 is 17.9 Å². The minimum Gasteiger partial charge on any atom is -0.497 e. The topological polar surface area (TPSA) is 88.1 Å². The zero-order valence-corrected chi connectivity index (χ0v) is 19.7. The molecule has 0 unspecified atom stereocenters. The van der Waals surface area contributed by atoms with Gasteiger partial charge in [0, 0.05) is 5.71 Å². The van der Waals surface area contributed by atoms with Gasteiger partial charge in [-0.3, -0.25) is 9.10 Å². The Morgan fingerprint density at radius 3 is 2.23 bits per heavy atom. The molecule has 31 heavy (non-hydrogen) atoms. The molecule has 0 bridgehead atoms. The molecule has 8 heteroatoms. The Balaban J connectivity index is 2.14. The molecule has 1 atom stereocenters. The highest BCUT2D eigenvalue weighted by Crippen LogP contribution is 2.27. The molecule has 0 fully saturated rings. The number of nitrogens with zero attached hydrogens (tertiary/aromatic N) is 2. The highest BCUT2D eigenvalue weighted by atomic mass is 32.2. The van der Waals surface area contributed by atoms with Crippen LogP contribution < -0.4 is 14.5 Å². The number of carbonyl (C=O) groups excluding carboxylic acids is 1. The molecule has 0 heterocycles. The lowest BCUT2D eigenvalue weighted by molar-refractivity contribution is -0.121. The molecule has 1 N–H and O–H groups in total. The maximum absolute atomic E-state index is 12.7. The van der Waals surface area contributed by atoms with Gasteiger partial charge in [0.1, 0.15) is 11.8 Å². The van der Waals surface area contributed by atoms with Gasteiger partial charge in [0.15, 0.2) is 0 Å². The van der Waals surface area contributed by atoms with Crippen molar-refractivity contribution in [3.8, 4) is 5.75 Å². The summed E-state index contributed by atoms with van der Waals surface area (Å²) in [6.45, 7) is 7.59. The van der Waals surface area contributed by atoms with Gasteiger partial charge in [0.05, 0.1) is 19.1 Å². The first-order chi connectivity index (χ1) is 14.5. The number of benzene rings is 2. The first kappa shape index (κ1) is 24.4. The molecule has 0 aromatic heterocycles. The van der Waals surface area contributed by atoms with Crippen LogP contribution >= 0.6 is 0 Å². The number of anilines is 1. The van der Waals surface area contributed by atoms with Crippen LogP contribution in [0.3, 0.4) is 0 Å². The Kier molecular flexibility index (Phi) is 7.84. The van der Waals surface area contributed by atoms with Crippen LogP contribution in [-0.2, 0) is 20.2 Å². The van der Waals surface area contributed by atoms with E-state index < -0.39 is 22.0 Å². The summed E-state index contributed by atoms with van der Waals surface area (Å²) in [5, 5.41) is 4.22. The van der Waals surface area contributed by atoms with E-state index in [-0.39, 0.29) is 5.41 Å². The van der Waals surface area contributed by atoms with Crippen LogP contribution in [0.5, 0.6) is 5.75 Å². The molecule has 0 saturated heterocycles. The third kappa shape index (κ3) is 6.55. The Hall–Kier alpha value is -2.87. The van der Waals surface area contributed by atoms with Crippen LogP contribution in [0.2, 0.25) is 0 Å². The van der Waals surface area contributed by atoms with Crippen molar-refractivity contribution in [3.63, 3.8) is 0 Å². The fourth-order valence-electron chi connectivity index (χ4n) is 3.45. The van der Waals surface area contributed by atoms with Crippen molar-refractivity contribution >= 4 is 27.3 Å². The van der Waals surface area contributed by atoms with E-state index in [9.17, 15) is 13.2 Å². The summed E-state index contributed by atoms with van der Waals surface area (Å²) in [7, 11) is -2.18. The van der Waals surface area contributed by atoms with Crippen molar-refractivity contribution in [2.24, 2.45) is 5.10 Å². The number of methoxy groups -OCH3 is 1. The molecule has 1 amide bonds. The summed E-state index contributed by atoms with van der Waals surface area (Å²) < 4.78 is 31.0. The van der Waals surface area contributed by atoms with Gasteiger partial charge in [0.25, 0.3) is 5.91 Å². The average Bonchev–Trinajstić information content (AvgIpc) is 2.72. The maximum atomic E-state index is 12.7. The predicted molar refractivity (Wildman–Crippen MR) is 125 cm³/mol. The third-order valence-corrected chi connectivity index (χ3v) is 6.27. The summed E-state index contributed by atoms with van der Waals surface area (Å²) in [5.74, 6) is 0.0775. The van der Waals surface area contributed by atoms with Crippen molar-refractivity contribution in [2.45, 2.75) is 45.6 Å². The van der Waals surface area contributed by atoms with E-state index in [1.54, 1.807) is 24.3 Å². The molecular formula is C23H31N3O4S. The average molecular weight is 446 g/mol. The molecule has 0 saturated carbocycles. The van der Waals surface area contributed by atoms with Gasteiger partial charge in [-0.05, 0) is 55.5 Å². The standard InChI is InChI=1S/C23H31N3O4S/c1-17(16-23(3,4)19-10-8-7-9-11-19)24-25-22(27)18(2)26(31(6,28)29)20-12-14-21(30-5)15-13-20/h7-15,18H,16H2,1-6H3,(H,25,27)/b24-17-/t18-/m0/s1. The number of carbonyl (C=O) groups is 1. The van der Waals surface area contributed by atoms with E-state index in [0.29, 0.717) is 17.9 Å². The van der Waals surface area contributed by atoms with Gasteiger partial charge in [-0.2, -0.15) is 5.10 Å². The first-order valence-electron chi connectivity index (χ1n) is 9.97. The predicted octanol–water partition coefficient (Wildman–Crippen LogP) is 3.71. The van der Waals surface area contributed by atoms with E-state index >= 15 is 0 Å². The molecule has 2 aromatic rings. The van der Waals surface area contributed by atoms with Gasteiger partial charge in [-0.15, -0.1) is 0 Å². The number of hydrogen-bond acceptors (Lipinski definition) is 5. The maximum Gasteiger partial charge on any atom is 0.263 e. The molecule has 2 rings (SSSR count). The fourth-order valence-corrected chi connectivity index (χ4v) is 4.63. The molecule has 0 spiro atoms. The van der Waals surface area contributed by atoms with Crippen LogP contribution in [-0.4, -0.2) is 39.4 Å². The molecular weight excluding hydrogens is 414 g/mol. The Bertz CT molecular complexity index is 1020. The highest BCUT2D eigenvalue weighted by Gasteiger charge is 2.29. The summed E-state index contributed by atoms with van der Waals surface area (Å²) in [6.07, 6.45) is 1.71. The lowest BCUT2D eigenvalue weighted by Crippen LogP contribution is -2.47. The minimum atomic E-state index is -3.70. The number of hydrazone groups is 1. The summed E-state index contributed by atoms with van der Waals surface area (Å²) in [5.41, 5.74) is 4.65. The van der Waals surface area contributed by atoms with E-state index in [0.717, 1.165) is 16.3 Å². The second-order valence-corrected chi connectivity index (χ2v) is 10.0. The number of sulfonamides is 1. The summed E-state index contributed by atoms with van der Waals surface area (Å²) in [4.78, 5) is 12.7. The zero-order valence-electron chi connectivity index (χ0n) is 18.9. The van der Waals surface area contributed by atoms with Gasteiger partial charge < -0.3 is 4.74 Å². The quantitative estimate of drug-likeness (QED) is 0.471. The second kappa shape index (κ2) is 9.96. The van der Waals surface area contributed by atoms with Crippen LogP contribution in [0.1, 0.15) is 39.7 Å². The van der Waals surface area contributed by atoms with Gasteiger partial charge in [-0.1, -0.05) is 44.2 Å². The van der Waals surface area contributed by atoms with Crippen molar-refractivity contribution in [2.75, 3.05) is 17.7 Å². The molecule has 0 radical (unpaired) electrons. The van der Waals surface area contributed by atoms with Crippen molar-refractivity contribution in [3.05, 3.63) is 60.2 Å². The highest BCUT2D eigenvalue weighted by molar-refractivity contribution is 7.92. The number of ether oxygens (including phenoxy) is 1. The van der Waals surface area contributed by atoms with Crippen LogP contribution in [0.25, 0.3) is 0 Å². The number of rotatable bonds is 9. The van der Waals surface area contributed by atoms with E-state index in [1.165, 1.54) is 19.6 Å². The molecule has 0 aliphatic carbocycles. The number of amides is 1. The minimum absolute atomic E-state index is 0.160. The van der Waals surface area contributed by atoms with Crippen molar-refractivity contribution in [1.82, 2.24) is 5.43 Å². The molecule has 0 aliphatic heterocycles. The third-order valence-electron chi connectivity index (χ3n) is 5.03. The Labute approximate surface area is 185 Å². The monoisotopic (exact) mass is 445 g/mol.